The number of ether oxygens (including phenoxy) is 2. The SMILES string of the molecule is C/C=c1/c(OC)nc(-c2ccc(N(C)C)cc2)c/c1=C/C(C)OC.CC.CC. The predicted molar refractivity (Wildman–Crippen MR) is 124 cm³/mol. The summed E-state index contributed by atoms with van der Waals surface area (Å²) >= 11 is 0. The number of anilines is 1. The highest BCUT2D eigenvalue weighted by atomic mass is 16.5. The van der Waals surface area contributed by atoms with Crippen molar-refractivity contribution in [3.8, 4) is 17.1 Å². The van der Waals surface area contributed by atoms with E-state index >= 15 is 0 Å². The molecule has 0 saturated heterocycles. The first-order valence-electron chi connectivity index (χ1n) is 10.0. The van der Waals surface area contributed by atoms with E-state index in [2.05, 4.69) is 46.3 Å². The van der Waals surface area contributed by atoms with Crippen molar-refractivity contribution in [2.24, 2.45) is 0 Å². The lowest BCUT2D eigenvalue weighted by atomic mass is 10.1. The van der Waals surface area contributed by atoms with E-state index < -0.39 is 0 Å². The van der Waals surface area contributed by atoms with Crippen molar-refractivity contribution >= 4 is 17.8 Å². The molecule has 1 atom stereocenters. The molecule has 4 nitrogen and oxygen atoms in total. The van der Waals surface area contributed by atoms with Crippen LogP contribution in [0.3, 0.4) is 0 Å². The molecule has 2 rings (SSSR count). The van der Waals surface area contributed by atoms with Crippen molar-refractivity contribution in [3.63, 3.8) is 0 Å². The van der Waals surface area contributed by atoms with Crippen LogP contribution < -0.4 is 20.1 Å². The maximum absolute atomic E-state index is 5.50. The zero-order chi connectivity index (χ0) is 21.7. The van der Waals surface area contributed by atoms with Crippen molar-refractivity contribution in [1.29, 1.82) is 0 Å². The van der Waals surface area contributed by atoms with Gasteiger partial charge in [0.05, 0.1) is 18.9 Å². The fraction of sp³-hybridized carbons (Fsp3) is 0.458. The highest BCUT2D eigenvalue weighted by Gasteiger charge is 2.07. The van der Waals surface area contributed by atoms with Crippen LogP contribution in [0.1, 0.15) is 41.5 Å². The third kappa shape index (κ3) is 7.01. The molecule has 0 amide bonds. The van der Waals surface area contributed by atoms with Gasteiger partial charge in [-0.1, -0.05) is 45.9 Å². The van der Waals surface area contributed by atoms with Crippen LogP contribution in [0.2, 0.25) is 0 Å². The second kappa shape index (κ2) is 13.8. The predicted octanol–water partition coefficient (Wildman–Crippen LogP) is 4.49. The van der Waals surface area contributed by atoms with E-state index in [0.717, 1.165) is 27.4 Å². The fourth-order valence-corrected chi connectivity index (χ4v) is 2.53. The Morgan fingerprint density at radius 3 is 2.00 bits per heavy atom. The van der Waals surface area contributed by atoms with E-state index in [1.807, 2.05) is 61.7 Å². The second-order valence-corrected chi connectivity index (χ2v) is 5.86. The number of rotatable bonds is 5. The minimum Gasteiger partial charge on any atom is -0.481 e. The molecule has 1 aromatic heterocycles. The van der Waals surface area contributed by atoms with E-state index in [1.54, 1.807) is 14.2 Å². The summed E-state index contributed by atoms with van der Waals surface area (Å²) in [5.74, 6) is 0.626. The molecule has 0 fully saturated rings. The molecule has 0 bridgehead atoms. The number of benzene rings is 1. The van der Waals surface area contributed by atoms with E-state index in [-0.39, 0.29) is 6.10 Å². The molecule has 0 spiro atoms. The molecule has 28 heavy (non-hydrogen) atoms. The minimum atomic E-state index is 0.0137. The highest BCUT2D eigenvalue weighted by Crippen LogP contribution is 2.20. The van der Waals surface area contributed by atoms with Crippen LogP contribution in [0.4, 0.5) is 5.69 Å². The zero-order valence-electron chi connectivity index (χ0n) is 19.3. The number of pyridine rings is 1. The van der Waals surface area contributed by atoms with Crippen LogP contribution in [0.15, 0.2) is 30.3 Å². The summed E-state index contributed by atoms with van der Waals surface area (Å²) in [4.78, 5) is 6.75. The molecule has 0 aliphatic carbocycles. The molecule has 4 heteroatoms. The number of nitrogens with zero attached hydrogens (tertiary/aromatic N) is 2. The van der Waals surface area contributed by atoms with E-state index in [0.29, 0.717) is 5.88 Å². The Balaban J connectivity index is 0.00000171. The maximum Gasteiger partial charge on any atom is 0.221 e. The Morgan fingerprint density at radius 1 is 1.00 bits per heavy atom. The second-order valence-electron chi connectivity index (χ2n) is 5.86. The summed E-state index contributed by atoms with van der Waals surface area (Å²) in [6, 6.07) is 10.4. The number of methoxy groups -OCH3 is 2. The summed E-state index contributed by atoms with van der Waals surface area (Å²) in [5.41, 5.74) is 3.10. The lowest BCUT2D eigenvalue weighted by Gasteiger charge is -2.13. The topological polar surface area (TPSA) is 34.6 Å². The monoisotopic (exact) mass is 386 g/mol. The van der Waals surface area contributed by atoms with Crippen molar-refractivity contribution < 1.29 is 9.47 Å². The molecule has 156 valence electrons. The Labute approximate surface area is 171 Å². The standard InChI is InChI=1S/C20H26N2O2.2C2H6/c1-7-18-16(12-14(2)23-5)13-19(21-20(18)24-6)15-8-10-17(11-9-15)22(3)4;2*1-2/h7-14H,1-6H3;2*1-2H3/b16-12-,18-7+;;. The largest absolute Gasteiger partial charge is 0.481 e. The highest BCUT2D eigenvalue weighted by molar-refractivity contribution is 5.64. The summed E-state index contributed by atoms with van der Waals surface area (Å²) in [6.45, 7) is 12.0. The first-order chi connectivity index (χ1) is 13.5. The Hall–Kier alpha value is -2.33. The van der Waals surface area contributed by atoms with Crippen LogP contribution in [0, 0.1) is 0 Å². The van der Waals surface area contributed by atoms with Crippen LogP contribution >= 0.6 is 0 Å². The summed E-state index contributed by atoms with van der Waals surface area (Å²) in [6.07, 6.45) is 4.11. The van der Waals surface area contributed by atoms with Gasteiger partial charge in [-0.2, -0.15) is 0 Å². The lowest BCUT2D eigenvalue weighted by Crippen LogP contribution is -2.29. The van der Waals surface area contributed by atoms with Gasteiger partial charge in [-0.25, -0.2) is 4.98 Å². The van der Waals surface area contributed by atoms with Crippen molar-refractivity contribution in [2.45, 2.75) is 47.6 Å². The summed E-state index contributed by atoms with van der Waals surface area (Å²) < 4.78 is 10.9. The molecule has 1 aromatic carbocycles. The van der Waals surface area contributed by atoms with Gasteiger partial charge in [0, 0.05) is 37.7 Å². The Kier molecular flexibility index (Phi) is 12.6. The van der Waals surface area contributed by atoms with Gasteiger partial charge in [0.25, 0.3) is 0 Å². The van der Waals surface area contributed by atoms with Crippen molar-refractivity contribution in [2.75, 3.05) is 33.2 Å². The normalized spacial score (nSPS) is 12.4. The lowest BCUT2D eigenvalue weighted by molar-refractivity contribution is 0.168. The van der Waals surface area contributed by atoms with Gasteiger partial charge in [0.15, 0.2) is 0 Å². The Bertz CT molecular complexity index is 797. The van der Waals surface area contributed by atoms with E-state index in [9.17, 15) is 0 Å². The maximum atomic E-state index is 5.50. The molecule has 0 radical (unpaired) electrons. The molecule has 1 unspecified atom stereocenters. The van der Waals surface area contributed by atoms with Crippen molar-refractivity contribution in [1.82, 2.24) is 4.98 Å². The molecular weight excluding hydrogens is 348 g/mol. The summed E-state index contributed by atoms with van der Waals surface area (Å²) in [7, 11) is 7.41. The van der Waals surface area contributed by atoms with Crippen LogP contribution in [0.5, 0.6) is 5.88 Å². The van der Waals surface area contributed by atoms with Gasteiger partial charge in [-0.15, -0.1) is 0 Å². The molecule has 0 saturated carbocycles. The van der Waals surface area contributed by atoms with Gasteiger partial charge >= 0.3 is 0 Å². The van der Waals surface area contributed by atoms with Gasteiger partial charge < -0.3 is 14.4 Å². The van der Waals surface area contributed by atoms with Gasteiger partial charge in [0.1, 0.15) is 0 Å². The third-order valence-corrected chi connectivity index (χ3v) is 4.00. The molecule has 0 aliphatic rings. The average Bonchev–Trinajstić information content (AvgIpc) is 2.75. The Morgan fingerprint density at radius 2 is 1.57 bits per heavy atom. The van der Waals surface area contributed by atoms with Gasteiger partial charge in [-0.3, -0.25) is 0 Å². The molecule has 2 aromatic rings. The summed E-state index contributed by atoms with van der Waals surface area (Å²) in [5, 5.41) is 2.04. The van der Waals surface area contributed by atoms with Crippen LogP contribution in [-0.4, -0.2) is 39.4 Å². The molecule has 0 aliphatic heterocycles. The van der Waals surface area contributed by atoms with Gasteiger partial charge in [-0.05, 0) is 43.3 Å². The minimum absolute atomic E-state index is 0.0137. The van der Waals surface area contributed by atoms with Gasteiger partial charge in [0.2, 0.25) is 5.88 Å². The number of hydrogen-bond donors (Lipinski definition) is 0. The van der Waals surface area contributed by atoms with E-state index in [1.165, 1.54) is 0 Å². The molecule has 1 heterocycles. The van der Waals surface area contributed by atoms with Crippen molar-refractivity contribution in [3.05, 3.63) is 40.8 Å². The quantitative estimate of drug-likeness (QED) is 0.758. The first kappa shape index (κ1) is 25.7. The third-order valence-electron chi connectivity index (χ3n) is 4.00. The van der Waals surface area contributed by atoms with Crippen LogP contribution in [-0.2, 0) is 4.74 Å². The number of aromatic nitrogens is 1. The number of hydrogen-bond acceptors (Lipinski definition) is 4. The average molecular weight is 387 g/mol. The van der Waals surface area contributed by atoms with Crippen LogP contribution in [0.25, 0.3) is 23.4 Å². The smallest absolute Gasteiger partial charge is 0.221 e. The fourth-order valence-electron chi connectivity index (χ4n) is 2.53. The molecule has 0 N–H and O–H groups in total. The first-order valence-corrected chi connectivity index (χ1v) is 10.0. The molecular formula is C24H38N2O2. The zero-order valence-corrected chi connectivity index (χ0v) is 19.3. The van der Waals surface area contributed by atoms with E-state index in [4.69, 9.17) is 9.47 Å².